The van der Waals surface area contributed by atoms with Crippen molar-refractivity contribution in [2.75, 3.05) is 38.7 Å². The number of ether oxygens (including phenoxy) is 1. The van der Waals surface area contributed by atoms with Gasteiger partial charge >= 0.3 is 0 Å². The number of benzene rings is 1. The number of hydrogen-bond donors (Lipinski definition) is 0. The average molecular weight is 351 g/mol. The summed E-state index contributed by atoms with van der Waals surface area (Å²) in [5.41, 5.74) is 4.40. The molecule has 0 saturated carbocycles. The van der Waals surface area contributed by atoms with Gasteiger partial charge in [-0.15, -0.1) is 0 Å². The minimum atomic E-state index is -0.179. The van der Waals surface area contributed by atoms with Gasteiger partial charge in [-0.3, -0.25) is 4.79 Å². The van der Waals surface area contributed by atoms with Crippen LogP contribution in [0.4, 0.5) is 5.82 Å². The van der Waals surface area contributed by atoms with E-state index in [4.69, 9.17) is 4.74 Å². The summed E-state index contributed by atoms with van der Waals surface area (Å²) in [7, 11) is 3.94. The molecule has 4 rings (SSSR count). The first-order valence-corrected chi connectivity index (χ1v) is 9.29. The van der Waals surface area contributed by atoms with Crippen molar-refractivity contribution in [1.82, 2.24) is 9.88 Å². The number of morpholine rings is 1. The van der Waals surface area contributed by atoms with E-state index in [1.165, 1.54) is 17.5 Å². The van der Waals surface area contributed by atoms with Gasteiger partial charge in [-0.05, 0) is 54.7 Å². The SMILES string of the molecule is CN(C)c1cccc([C@@H]2CN(C(=O)c3ccc4c(c3)CCC4)CCO2)n1. The molecule has 0 radical (unpaired) electrons. The Morgan fingerprint density at radius 2 is 2.04 bits per heavy atom. The molecule has 1 amide bonds. The second-order valence-corrected chi connectivity index (χ2v) is 7.26. The summed E-state index contributed by atoms with van der Waals surface area (Å²) in [4.78, 5) is 21.5. The lowest BCUT2D eigenvalue weighted by atomic mass is 10.0. The van der Waals surface area contributed by atoms with Crippen molar-refractivity contribution in [2.45, 2.75) is 25.4 Å². The van der Waals surface area contributed by atoms with E-state index >= 15 is 0 Å². The number of aromatic nitrogens is 1. The highest BCUT2D eigenvalue weighted by atomic mass is 16.5. The first-order valence-electron chi connectivity index (χ1n) is 9.29. The fourth-order valence-electron chi connectivity index (χ4n) is 3.77. The number of hydrogen-bond acceptors (Lipinski definition) is 4. The van der Waals surface area contributed by atoms with Gasteiger partial charge in [-0.25, -0.2) is 4.98 Å². The molecule has 1 fully saturated rings. The molecule has 5 heteroatoms. The zero-order valence-electron chi connectivity index (χ0n) is 15.4. The molecular formula is C21H25N3O2. The van der Waals surface area contributed by atoms with E-state index in [0.717, 1.165) is 29.9 Å². The van der Waals surface area contributed by atoms with Crippen molar-refractivity contribution in [2.24, 2.45) is 0 Å². The molecule has 0 bridgehead atoms. The predicted molar refractivity (Wildman–Crippen MR) is 102 cm³/mol. The van der Waals surface area contributed by atoms with Crippen LogP contribution in [-0.2, 0) is 17.6 Å². The molecule has 1 aromatic carbocycles. The number of fused-ring (bicyclic) bond motifs is 1. The maximum absolute atomic E-state index is 13.0. The lowest BCUT2D eigenvalue weighted by Crippen LogP contribution is -2.42. The van der Waals surface area contributed by atoms with Gasteiger partial charge in [0, 0.05) is 26.2 Å². The van der Waals surface area contributed by atoms with Crippen LogP contribution in [-0.4, -0.2) is 49.6 Å². The van der Waals surface area contributed by atoms with Crippen molar-refractivity contribution in [3.63, 3.8) is 0 Å². The number of nitrogens with zero attached hydrogens (tertiary/aromatic N) is 3. The fourth-order valence-corrected chi connectivity index (χ4v) is 3.77. The second-order valence-electron chi connectivity index (χ2n) is 7.26. The Hall–Kier alpha value is -2.40. The van der Waals surface area contributed by atoms with Crippen molar-refractivity contribution < 1.29 is 9.53 Å². The van der Waals surface area contributed by atoms with Crippen molar-refractivity contribution >= 4 is 11.7 Å². The van der Waals surface area contributed by atoms with Gasteiger partial charge in [0.2, 0.25) is 0 Å². The van der Waals surface area contributed by atoms with Crippen molar-refractivity contribution in [3.05, 3.63) is 58.8 Å². The molecule has 5 nitrogen and oxygen atoms in total. The molecule has 1 atom stereocenters. The number of rotatable bonds is 3. The van der Waals surface area contributed by atoms with Crippen LogP contribution < -0.4 is 4.90 Å². The maximum atomic E-state index is 13.0. The number of pyridine rings is 1. The monoisotopic (exact) mass is 351 g/mol. The number of amides is 1. The van der Waals surface area contributed by atoms with E-state index in [2.05, 4.69) is 17.1 Å². The highest BCUT2D eigenvalue weighted by Crippen LogP contribution is 2.26. The summed E-state index contributed by atoms with van der Waals surface area (Å²) in [5, 5.41) is 0. The van der Waals surface area contributed by atoms with Crippen LogP contribution in [0.15, 0.2) is 36.4 Å². The molecule has 1 aliphatic heterocycles. The Balaban J connectivity index is 1.51. The van der Waals surface area contributed by atoms with Crippen LogP contribution >= 0.6 is 0 Å². The fraction of sp³-hybridized carbons (Fsp3) is 0.429. The van der Waals surface area contributed by atoms with Crippen molar-refractivity contribution in [1.29, 1.82) is 0 Å². The van der Waals surface area contributed by atoms with Crippen LogP contribution in [0.5, 0.6) is 0 Å². The van der Waals surface area contributed by atoms with Crippen LogP contribution in [0.2, 0.25) is 0 Å². The van der Waals surface area contributed by atoms with Crippen molar-refractivity contribution in [3.8, 4) is 0 Å². The number of anilines is 1. The standard InChI is InChI=1S/C21H25N3O2/c1-23(2)20-8-4-7-18(22-20)19-14-24(11-12-26-19)21(25)17-10-9-15-5-3-6-16(15)13-17/h4,7-10,13,19H,3,5-6,11-12,14H2,1-2H3/t19-/m0/s1. The molecule has 0 spiro atoms. The topological polar surface area (TPSA) is 45.7 Å². The highest BCUT2D eigenvalue weighted by molar-refractivity contribution is 5.94. The van der Waals surface area contributed by atoms with E-state index in [1.54, 1.807) is 0 Å². The summed E-state index contributed by atoms with van der Waals surface area (Å²) in [6, 6.07) is 12.1. The minimum Gasteiger partial charge on any atom is -0.368 e. The van der Waals surface area contributed by atoms with E-state index in [0.29, 0.717) is 19.7 Å². The first kappa shape index (κ1) is 17.0. The molecule has 1 aromatic heterocycles. The van der Waals surface area contributed by atoms with Gasteiger partial charge in [0.15, 0.2) is 0 Å². The molecule has 2 aromatic rings. The number of carbonyl (C=O) groups excluding carboxylic acids is 1. The van der Waals surface area contributed by atoms with E-state index in [-0.39, 0.29) is 12.0 Å². The quantitative estimate of drug-likeness (QED) is 0.853. The summed E-state index contributed by atoms with van der Waals surface area (Å²) < 4.78 is 5.91. The molecule has 1 saturated heterocycles. The number of aryl methyl sites for hydroxylation is 2. The van der Waals surface area contributed by atoms with E-state index < -0.39 is 0 Å². The van der Waals surface area contributed by atoms with Gasteiger partial charge < -0.3 is 14.5 Å². The Labute approximate surface area is 154 Å². The molecular weight excluding hydrogens is 326 g/mol. The molecule has 26 heavy (non-hydrogen) atoms. The van der Waals surface area contributed by atoms with Gasteiger partial charge in [-0.2, -0.15) is 0 Å². The molecule has 136 valence electrons. The summed E-state index contributed by atoms with van der Waals surface area (Å²) in [6.07, 6.45) is 3.24. The first-order chi connectivity index (χ1) is 12.6. The average Bonchev–Trinajstić information content (AvgIpc) is 3.15. The van der Waals surface area contributed by atoms with Gasteiger partial charge in [-0.1, -0.05) is 12.1 Å². The zero-order valence-corrected chi connectivity index (χ0v) is 15.4. The molecule has 0 N–H and O–H groups in total. The Morgan fingerprint density at radius 3 is 2.88 bits per heavy atom. The van der Waals surface area contributed by atoms with E-state index in [1.807, 2.05) is 48.2 Å². The third-order valence-electron chi connectivity index (χ3n) is 5.24. The highest BCUT2D eigenvalue weighted by Gasteiger charge is 2.27. The third kappa shape index (κ3) is 3.31. The summed E-state index contributed by atoms with van der Waals surface area (Å²) in [5.74, 6) is 0.991. The Kier molecular flexibility index (Phi) is 4.64. The van der Waals surface area contributed by atoms with E-state index in [9.17, 15) is 4.79 Å². The zero-order chi connectivity index (χ0) is 18.1. The van der Waals surface area contributed by atoms with Crippen LogP contribution in [0.3, 0.4) is 0 Å². The smallest absolute Gasteiger partial charge is 0.254 e. The molecule has 0 unspecified atom stereocenters. The van der Waals surface area contributed by atoms with Gasteiger partial charge in [0.1, 0.15) is 11.9 Å². The molecule has 2 aliphatic rings. The Bertz CT molecular complexity index is 819. The van der Waals surface area contributed by atoms with Gasteiger partial charge in [0.25, 0.3) is 5.91 Å². The molecule has 2 heterocycles. The van der Waals surface area contributed by atoms with Crippen LogP contribution in [0.1, 0.15) is 39.7 Å². The van der Waals surface area contributed by atoms with Crippen LogP contribution in [0, 0.1) is 0 Å². The van der Waals surface area contributed by atoms with Crippen LogP contribution in [0.25, 0.3) is 0 Å². The number of carbonyl (C=O) groups is 1. The Morgan fingerprint density at radius 1 is 1.19 bits per heavy atom. The lowest BCUT2D eigenvalue weighted by molar-refractivity contribution is -0.0246. The molecule has 1 aliphatic carbocycles. The predicted octanol–water partition coefficient (Wildman–Crippen LogP) is 2.85. The second kappa shape index (κ2) is 7.08. The summed E-state index contributed by atoms with van der Waals surface area (Å²) in [6.45, 7) is 1.70. The largest absolute Gasteiger partial charge is 0.368 e. The lowest BCUT2D eigenvalue weighted by Gasteiger charge is -2.33. The maximum Gasteiger partial charge on any atom is 0.254 e. The third-order valence-corrected chi connectivity index (χ3v) is 5.24. The normalized spacial score (nSPS) is 19.3. The minimum absolute atomic E-state index is 0.0942. The van der Waals surface area contributed by atoms with Gasteiger partial charge in [0.05, 0.1) is 18.8 Å². The summed E-state index contributed by atoms with van der Waals surface area (Å²) >= 11 is 0.